The number of hydrogen-bond acceptors (Lipinski definition) is 4. The van der Waals surface area contributed by atoms with E-state index in [4.69, 9.17) is 9.72 Å². The van der Waals surface area contributed by atoms with Gasteiger partial charge in [0.1, 0.15) is 5.82 Å². The molecule has 1 aromatic heterocycles. The molecule has 0 radical (unpaired) electrons. The molecule has 1 fully saturated rings. The van der Waals surface area contributed by atoms with Crippen LogP contribution in [0.2, 0.25) is 0 Å². The highest BCUT2D eigenvalue weighted by molar-refractivity contribution is 5.48. The van der Waals surface area contributed by atoms with Crippen LogP contribution in [-0.4, -0.2) is 37.3 Å². The number of morpholine rings is 1. The zero-order chi connectivity index (χ0) is 14.4. The van der Waals surface area contributed by atoms with E-state index in [1.807, 2.05) is 6.20 Å². The second kappa shape index (κ2) is 7.60. The van der Waals surface area contributed by atoms with E-state index in [2.05, 4.69) is 37.1 Å². The largest absolute Gasteiger partial charge is 0.377 e. The van der Waals surface area contributed by atoms with Crippen LogP contribution >= 0.6 is 0 Å². The molecule has 112 valence electrons. The molecule has 2 heterocycles. The maximum absolute atomic E-state index is 5.57. The Morgan fingerprint density at radius 3 is 3.00 bits per heavy atom. The van der Waals surface area contributed by atoms with Crippen LogP contribution in [0.15, 0.2) is 12.3 Å². The summed E-state index contributed by atoms with van der Waals surface area (Å²) in [4.78, 5) is 7.11. The Kier molecular flexibility index (Phi) is 5.80. The molecule has 0 aromatic carbocycles. The van der Waals surface area contributed by atoms with Crippen molar-refractivity contribution in [2.75, 3.05) is 31.2 Å². The monoisotopic (exact) mass is 277 g/mol. The van der Waals surface area contributed by atoms with Crippen molar-refractivity contribution in [2.45, 2.75) is 46.2 Å². The molecule has 1 unspecified atom stereocenters. The van der Waals surface area contributed by atoms with Crippen LogP contribution in [0.25, 0.3) is 0 Å². The molecule has 1 N–H and O–H groups in total. The van der Waals surface area contributed by atoms with E-state index in [0.717, 1.165) is 51.5 Å². The van der Waals surface area contributed by atoms with Crippen LogP contribution in [0.5, 0.6) is 0 Å². The first-order chi connectivity index (χ1) is 9.76. The van der Waals surface area contributed by atoms with E-state index in [-0.39, 0.29) is 0 Å². The molecular formula is C16H27N3O. The van der Waals surface area contributed by atoms with E-state index < -0.39 is 0 Å². The van der Waals surface area contributed by atoms with E-state index >= 15 is 0 Å². The molecule has 0 aliphatic carbocycles. The molecule has 1 atom stereocenters. The van der Waals surface area contributed by atoms with Crippen LogP contribution in [0.3, 0.4) is 0 Å². The quantitative estimate of drug-likeness (QED) is 0.811. The summed E-state index contributed by atoms with van der Waals surface area (Å²) in [6.45, 7) is 11.1. The van der Waals surface area contributed by atoms with Crippen molar-refractivity contribution in [3.63, 3.8) is 0 Å². The van der Waals surface area contributed by atoms with Crippen molar-refractivity contribution in [2.24, 2.45) is 0 Å². The molecule has 1 aliphatic heterocycles. The normalized spacial score (nSPS) is 19.4. The van der Waals surface area contributed by atoms with Gasteiger partial charge in [-0.15, -0.1) is 0 Å². The summed E-state index contributed by atoms with van der Waals surface area (Å²) >= 11 is 0. The van der Waals surface area contributed by atoms with Crippen molar-refractivity contribution >= 4 is 5.82 Å². The minimum absolute atomic E-state index is 0.457. The lowest BCUT2D eigenvalue weighted by Gasteiger charge is -2.36. The Hall–Kier alpha value is -1.13. The Bertz CT molecular complexity index is 422. The topological polar surface area (TPSA) is 37.4 Å². The fraction of sp³-hybridized carbons (Fsp3) is 0.688. The van der Waals surface area contributed by atoms with Crippen molar-refractivity contribution in [3.8, 4) is 0 Å². The average molecular weight is 277 g/mol. The summed E-state index contributed by atoms with van der Waals surface area (Å²) in [7, 11) is 0. The van der Waals surface area contributed by atoms with Gasteiger partial charge in [0, 0.05) is 19.3 Å². The lowest BCUT2D eigenvalue weighted by atomic mass is 10.1. The second-order valence-corrected chi connectivity index (χ2v) is 5.49. The maximum Gasteiger partial charge on any atom is 0.131 e. The van der Waals surface area contributed by atoms with Crippen molar-refractivity contribution in [3.05, 3.63) is 23.4 Å². The van der Waals surface area contributed by atoms with Crippen LogP contribution in [0.4, 0.5) is 5.82 Å². The molecule has 1 aliphatic rings. The summed E-state index contributed by atoms with van der Waals surface area (Å²) in [6, 6.07) is 2.71. The van der Waals surface area contributed by atoms with Gasteiger partial charge in [-0.25, -0.2) is 4.98 Å². The molecular weight excluding hydrogens is 250 g/mol. The maximum atomic E-state index is 5.57. The fourth-order valence-corrected chi connectivity index (χ4v) is 2.70. The Labute approximate surface area is 122 Å². The molecule has 0 saturated carbocycles. The molecule has 4 nitrogen and oxygen atoms in total. The van der Waals surface area contributed by atoms with Gasteiger partial charge in [-0.3, -0.25) is 0 Å². The summed E-state index contributed by atoms with van der Waals surface area (Å²) in [5.74, 6) is 1.12. The number of anilines is 1. The summed E-state index contributed by atoms with van der Waals surface area (Å²) < 4.78 is 5.57. The van der Waals surface area contributed by atoms with Gasteiger partial charge in [-0.1, -0.05) is 13.8 Å². The predicted molar refractivity (Wildman–Crippen MR) is 83.2 cm³/mol. The molecule has 0 spiro atoms. The third-order valence-electron chi connectivity index (χ3n) is 3.83. The van der Waals surface area contributed by atoms with Gasteiger partial charge in [-0.05, 0) is 43.5 Å². The number of hydrogen-bond donors (Lipinski definition) is 1. The minimum Gasteiger partial charge on any atom is -0.377 e. The second-order valence-electron chi connectivity index (χ2n) is 5.49. The summed E-state index contributed by atoms with van der Waals surface area (Å²) in [5, 5.41) is 3.42. The number of nitrogens with zero attached hydrogens (tertiary/aromatic N) is 2. The highest BCUT2D eigenvalue weighted by atomic mass is 16.5. The van der Waals surface area contributed by atoms with E-state index in [0.29, 0.717) is 6.04 Å². The Balaban J connectivity index is 2.08. The van der Waals surface area contributed by atoms with Gasteiger partial charge in [0.15, 0.2) is 0 Å². The molecule has 1 aromatic rings. The molecule has 4 heteroatoms. The number of nitrogens with one attached hydrogen (secondary N) is 1. The van der Waals surface area contributed by atoms with Crippen molar-refractivity contribution < 1.29 is 4.74 Å². The van der Waals surface area contributed by atoms with Crippen LogP contribution in [-0.2, 0) is 11.3 Å². The number of pyridine rings is 1. The average Bonchev–Trinajstić information content (AvgIpc) is 2.48. The summed E-state index contributed by atoms with van der Waals surface area (Å²) in [5.41, 5.74) is 2.53. The van der Waals surface area contributed by atoms with Crippen molar-refractivity contribution in [1.29, 1.82) is 0 Å². The van der Waals surface area contributed by atoms with Gasteiger partial charge >= 0.3 is 0 Å². The zero-order valence-electron chi connectivity index (χ0n) is 13.0. The Morgan fingerprint density at radius 1 is 1.45 bits per heavy atom. The number of rotatable bonds is 6. The predicted octanol–water partition coefficient (Wildman–Crippen LogP) is 2.50. The van der Waals surface area contributed by atoms with Crippen molar-refractivity contribution in [1.82, 2.24) is 10.3 Å². The van der Waals surface area contributed by atoms with Crippen LogP contribution in [0.1, 0.15) is 37.8 Å². The van der Waals surface area contributed by atoms with E-state index in [1.165, 1.54) is 11.1 Å². The van der Waals surface area contributed by atoms with E-state index in [1.54, 1.807) is 0 Å². The van der Waals surface area contributed by atoms with Crippen LogP contribution in [0, 0.1) is 6.92 Å². The van der Waals surface area contributed by atoms with Gasteiger partial charge in [0.2, 0.25) is 0 Å². The zero-order valence-corrected chi connectivity index (χ0v) is 13.0. The standard InChI is InChI=1S/C16H27N3O/c1-4-6-17-10-14-9-13(3)16(18-11-14)19-7-8-20-12-15(19)5-2/h9,11,15,17H,4-8,10,12H2,1-3H3. The van der Waals surface area contributed by atoms with Gasteiger partial charge < -0.3 is 15.0 Å². The van der Waals surface area contributed by atoms with Gasteiger partial charge in [0.25, 0.3) is 0 Å². The smallest absolute Gasteiger partial charge is 0.131 e. The first kappa shape index (κ1) is 15.3. The molecule has 2 rings (SSSR count). The first-order valence-electron chi connectivity index (χ1n) is 7.76. The minimum atomic E-state index is 0.457. The SMILES string of the molecule is CCCNCc1cnc(N2CCOCC2CC)c(C)c1. The molecule has 1 saturated heterocycles. The lowest BCUT2D eigenvalue weighted by molar-refractivity contribution is 0.0925. The summed E-state index contributed by atoms with van der Waals surface area (Å²) in [6.07, 6.45) is 4.27. The molecule has 0 bridgehead atoms. The molecule has 0 amide bonds. The number of ether oxygens (including phenoxy) is 1. The van der Waals surface area contributed by atoms with Gasteiger partial charge in [-0.2, -0.15) is 0 Å². The third kappa shape index (κ3) is 3.70. The number of aromatic nitrogens is 1. The van der Waals surface area contributed by atoms with E-state index in [9.17, 15) is 0 Å². The van der Waals surface area contributed by atoms with Gasteiger partial charge in [0.05, 0.1) is 19.3 Å². The lowest BCUT2D eigenvalue weighted by Crippen LogP contribution is -2.46. The van der Waals surface area contributed by atoms with Crippen LogP contribution < -0.4 is 10.2 Å². The molecule has 20 heavy (non-hydrogen) atoms. The first-order valence-corrected chi connectivity index (χ1v) is 7.76. The Morgan fingerprint density at radius 2 is 2.30 bits per heavy atom. The highest BCUT2D eigenvalue weighted by Crippen LogP contribution is 2.23. The fourth-order valence-electron chi connectivity index (χ4n) is 2.70. The third-order valence-corrected chi connectivity index (χ3v) is 3.83. The highest BCUT2D eigenvalue weighted by Gasteiger charge is 2.23. The number of aryl methyl sites for hydroxylation is 1.